The first-order valence-corrected chi connectivity index (χ1v) is 11.2. The smallest absolute Gasteiger partial charge is 0.347 e. The van der Waals surface area contributed by atoms with Gasteiger partial charge in [0.2, 0.25) is 5.89 Å². The van der Waals surface area contributed by atoms with Gasteiger partial charge in [0, 0.05) is 24.3 Å². The lowest BCUT2D eigenvalue weighted by molar-refractivity contribution is -0.152. The van der Waals surface area contributed by atoms with E-state index < -0.39 is 11.6 Å². The Morgan fingerprint density at radius 1 is 1.12 bits per heavy atom. The maximum Gasteiger partial charge on any atom is 0.347 e. The van der Waals surface area contributed by atoms with Crippen LogP contribution in [-0.2, 0) is 11.2 Å². The molecular formula is C25H25Cl2NO5. The maximum atomic E-state index is 12.7. The number of aryl methyl sites for hydroxylation is 1. The lowest BCUT2D eigenvalue weighted by atomic mass is 10.0. The van der Waals surface area contributed by atoms with Crippen LogP contribution < -0.4 is 4.74 Å². The normalized spacial score (nSPS) is 11.6. The van der Waals surface area contributed by atoms with Gasteiger partial charge in [-0.2, -0.15) is 0 Å². The molecule has 0 aliphatic heterocycles. The Morgan fingerprint density at radius 2 is 1.79 bits per heavy atom. The molecule has 0 fully saturated rings. The molecule has 0 atom stereocenters. The Bertz CT molecular complexity index is 1170. The summed E-state index contributed by atoms with van der Waals surface area (Å²) in [7, 11) is 0. The average molecular weight is 490 g/mol. The third kappa shape index (κ3) is 5.75. The standard InChI is InChI=1S/C25H25Cl2NO5/c1-14(2)22-19(28-23(32-22)17-6-5-7-18(26)21(17)27)12-13-20(29)15-8-10-16(11-9-15)33-25(3,4)24(30)31/h5-11,14H,12-13H2,1-4H3,(H,30,31). The zero-order chi connectivity index (χ0) is 24.3. The average Bonchev–Trinajstić information content (AvgIpc) is 3.18. The van der Waals surface area contributed by atoms with E-state index in [9.17, 15) is 14.7 Å². The van der Waals surface area contributed by atoms with E-state index in [1.165, 1.54) is 13.8 Å². The van der Waals surface area contributed by atoms with Crippen molar-refractivity contribution in [2.24, 2.45) is 0 Å². The molecule has 1 heterocycles. The number of carbonyl (C=O) groups excluding carboxylic acids is 1. The summed E-state index contributed by atoms with van der Waals surface area (Å²) < 4.78 is 11.5. The molecule has 0 bridgehead atoms. The van der Waals surface area contributed by atoms with Gasteiger partial charge in [0.25, 0.3) is 0 Å². The van der Waals surface area contributed by atoms with Crippen molar-refractivity contribution in [2.75, 3.05) is 0 Å². The predicted octanol–water partition coefficient (Wildman–Crippen LogP) is 6.83. The van der Waals surface area contributed by atoms with Crippen LogP contribution >= 0.6 is 23.2 Å². The molecule has 1 N–H and O–H groups in total. The summed E-state index contributed by atoms with van der Waals surface area (Å²) in [5.74, 6) is 0.377. The van der Waals surface area contributed by atoms with Crippen LogP contribution in [0.1, 0.15) is 61.8 Å². The number of Topliss-reactive ketones (excluding diaryl/α,β-unsaturated/α-hetero) is 1. The minimum Gasteiger partial charge on any atom is -0.478 e. The summed E-state index contributed by atoms with van der Waals surface area (Å²) in [5.41, 5.74) is 0.439. The molecule has 1 aromatic heterocycles. The number of ketones is 1. The Balaban J connectivity index is 1.74. The van der Waals surface area contributed by atoms with Crippen molar-refractivity contribution in [3.63, 3.8) is 0 Å². The van der Waals surface area contributed by atoms with Gasteiger partial charge in [-0.15, -0.1) is 0 Å². The highest BCUT2D eigenvalue weighted by Gasteiger charge is 2.29. The summed E-state index contributed by atoms with van der Waals surface area (Å²) in [5, 5.41) is 9.96. The van der Waals surface area contributed by atoms with E-state index in [1.807, 2.05) is 13.8 Å². The van der Waals surface area contributed by atoms with E-state index in [-0.39, 0.29) is 18.1 Å². The lowest BCUT2D eigenvalue weighted by Crippen LogP contribution is -2.37. The lowest BCUT2D eigenvalue weighted by Gasteiger charge is -2.21. The molecule has 2 aromatic carbocycles. The molecule has 0 saturated carbocycles. The Morgan fingerprint density at radius 3 is 2.39 bits per heavy atom. The monoisotopic (exact) mass is 489 g/mol. The van der Waals surface area contributed by atoms with Gasteiger partial charge in [-0.3, -0.25) is 4.79 Å². The topological polar surface area (TPSA) is 89.6 Å². The van der Waals surface area contributed by atoms with Crippen LogP contribution in [0, 0.1) is 0 Å². The number of nitrogens with zero attached hydrogens (tertiary/aromatic N) is 1. The number of aromatic nitrogens is 1. The first-order valence-electron chi connectivity index (χ1n) is 10.5. The number of ether oxygens (including phenoxy) is 1. The Kier molecular flexibility index (Phi) is 7.50. The van der Waals surface area contributed by atoms with Gasteiger partial charge in [0.1, 0.15) is 11.5 Å². The van der Waals surface area contributed by atoms with Crippen molar-refractivity contribution in [3.8, 4) is 17.2 Å². The van der Waals surface area contributed by atoms with E-state index in [1.54, 1.807) is 42.5 Å². The molecule has 6 nitrogen and oxygen atoms in total. The van der Waals surface area contributed by atoms with Gasteiger partial charge < -0.3 is 14.3 Å². The minimum absolute atomic E-state index is 0.0703. The number of aliphatic carboxylic acids is 1. The first-order chi connectivity index (χ1) is 15.5. The van der Waals surface area contributed by atoms with Crippen LogP contribution in [0.25, 0.3) is 11.5 Å². The number of benzene rings is 2. The van der Waals surface area contributed by atoms with Crippen molar-refractivity contribution >= 4 is 35.0 Å². The molecule has 0 spiro atoms. The number of oxazole rings is 1. The predicted molar refractivity (Wildman–Crippen MR) is 127 cm³/mol. The van der Waals surface area contributed by atoms with Gasteiger partial charge in [-0.05, 0) is 50.2 Å². The zero-order valence-electron chi connectivity index (χ0n) is 18.8. The van der Waals surface area contributed by atoms with Gasteiger partial charge in [0.05, 0.1) is 21.3 Å². The fourth-order valence-corrected chi connectivity index (χ4v) is 3.58. The van der Waals surface area contributed by atoms with Gasteiger partial charge >= 0.3 is 5.97 Å². The molecule has 3 aromatic rings. The second-order valence-electron chi connectivity index (χ2n) is 8.45. The fraction of sp³-hybridized carbons (Fsp3) is 0.320. The number of carboxylic acids is 1. The molecule has 33 heavy (non-hydrogen) atoms. The molecule has 0 amide bonds. The van der Waals surface area contributed by atoms with Crippen LogP contribution in [0.3, 0.4) is 0 Å². The third-order valence-electron chi connectivity index (χ3n) is 5.09. The van der Waals surface area contributed by atoms with E-state index in [2.05, 4.69) is 4.98 Å². The Hall–Kier alpha value is -2.83. The molecular weight excluding hydrogens is 465 g/mol. The SMILES string of the molecule is CC(C)c1oc(-c2cccc(Cl)c2Cl)nc1CCC(=O)c1ccc(OC(C)(C)C(=O)O)cc1. The molecule has 0 radical (unpaired) electrons. The molecule has 0 aliphatic rings. The van der Waals surface area contributed by atoms with E-state index in [0.29, 0.717) is 50.7 Å². The van der Waals surface area contributed by atoms with Gasteiger partial charge in [-0.1, -0.05) is 43.1 Å². The second kappa shape index (κ2) is 9.98. The molecule has 0 unspecified atom stereocenters. The summed E-state index contributed by atoms with van der Waals surface area (Å²) in [4.78, 5) is 28.6. The summed E-state index contributed by atoms with van der Waals surface area (Å²) in [6.07, 6.45) is 0.633. The van der Waals surface area contributed by atoms with Crippen LogP contribution in [0.5, 0.6) is 5.75 Å². The number of hydrogen-bond acceptors (Lipinski definition) is 5. The fourth-order valence-electron chi connectivity index (χ4n) is 3.20. The number of rotatable bonds is 9. The Labute approximate surface area is 202 Å². The van der Waals surface area contributed by atoms with Gasteiger partial charge in [-0.25, -0.2) is 9.78 Å². The number of halogens is 2. The van der Waals surface area contributed by atoms with Crippen LogP contribution in [0.4, 0.5) is 0 Å². The van der Waals surface area contributed by atoms with Crippen LogP contribution in [-0.4, -0.2) is 27.4 Å². The highest BCUT2D eigenvalue weighted by molar-refractivity contribution is 6.43. The van der Waals surface area contributed by atoms with Crippen LogP contribution in [0.15, 0.2) is 46.9 Å². The summed E-state index contributed by atoms with van der Waals surface area (Å²) >= 11 is 12.4. The molecule has 0 saturated heterocycles. The highest BCUT2D eigenvalue weighted by atomic mass is 35.5. The van der Waals surface area contributed by atoms with Crippen molar-refractivity contribution < 1.29 is 23.8 Å². The zero-order valence-corrected chi connectivity index (χ0v) is 20.3. The van der Waals surface area contributed by atoms with Gasteiger partial charge in [0.15, 0.2) is 11.4 Å². The number of carboxylic acid groups (broad SMARTS) is 1. The molecule has 8 heteroatoms. The van der Waals surface area contributed by atoms with E-state index >= 15 is 0 Å². The summed E-state index contributed by atoms with van der Waals surface area (Å²) in [6.45, 7) is 6.91. The first kappa shape index (κ1) is 24.8. The number of carbonyl (C=O) groups is 2. The molecule has 0 aliphatic carbocycles. The van der Waals surface area contributed by atoms with Crippen LogP contribution in [0.2, 0.25) is 10.0 Å². The van der Waals surface area contributed by atoms with E-state index in [0.717, 1.165) is 0 Å². The minimum atomic E-state index is -1.37. The largest absolute Gasteiger partial charge is 0.478 e. The third-order valence-corrected chi connectivity index (χ3v) is 5.91. The van der Waals surface area contributed by atoms with Crippen molar-refractivity contribution in [1.82, 2.24) is 4.98 Å². The summed E-state index contributed by atoms with van der Waals surface area (Å²) in [6, 6.07) is 11.7. The quantitative estimate of drug-likeness (QED) is 0.331. The van der Waals surface area contributed by atoms with Crippen molar-refractivity contribution in [2.45, 2.75) is 52.1 Å². The van der Waals surface area contributed by atoms with E-state index in [4.69, 9.17) is 32.4 Å². The van der Waals surface area contributed by atoms with Crippen molar-refractivity contribution in [3.05, 3.63) is 69.5 Å². The molecule has 3 rings (SSSR count). The second-order valence-corrected chi connectivity index (χ2v) is 9.24. The maximum absolute atomic E-state index is 12.7. The van der Waals surface area contributed by atoms with Crippen molar-refractivity contribution in [1.29, 1.82) is 0 Å². The number of hydrogen-bond donors (Lipinski definition) is 1. The molecule has 174 valence electrons. The highest BCUT2D eigenvalue weighted by Crippen LogP contribution is 2.35.